The highest BCUT2D eigenvalue weighted by Gasteiger charge is 2.33. The van der Waals surface area contributed by atoms with Gasteiger partial charge in [0.15, 0.2) is 5.69 Å². The van der Waals surface area contributed by atoms with Crippen LogP contribution in [0, 0.1) is 0 Å². The van der Waals surface area contributed by atoms with Crippen LogP contribution in [0.1, 0.15) is 21.6 Å². The lowest BCUT2D eigenvalue weighted by Crippen LogP contribution is -2.18. The topological polar surface area (TPSA) is 79.8 Å². The molecule has 0 aliphatic heterocycles. The summed E-state index contributed by atoms with van der Waals surface area (Å²) in [6, 6.07) is 11.3. The summed E-state index contributed by atoms with van der Waals surface area (Å²) >= 11 is 0. The molecular formula is C18H14F3N5O. The van der Waals surface area contributed by atoms with Crippen LogP contribution in [-0.4, -0.2) is 21.1 Å². The Kier molecular flexibility index (Phi) is 5.30. The van der Waals surface area contributed by atoms with Crippen molar-refractivity contribution < 1.29 is 18.0 Å². The molecule has 138 valence electrons. The van der Waals surface area contributed by atoms with Gasteiger partial charge in [0.2, 0.25) is 0 Å². The van der Waals surface area contributed by atoms with Gasteiger partial charge in [-0.1, -0.05) is 12.1 Å². The van der Waals surface area contributed by atoms with E-state index < -0.39 is 17.6 Å². The van der Waals surface area contributed by atoms with Gasteiger partial charge >= 0.3 is 6.18 Å². The molecule has 0 spiro atoms. The quantitative estimate of drug-likeness (QED) is 0.712. The van der Waals surface area contributed by atoms with Crippen molar-refractivity contribution in [2.75, 3.05) is 10.6 Å². The number of amides is 1. The number of pyridine rings is 1. The van der Waals surface area contributed by atoms with Crippen LogP contribution in [-0.2, 0) is 12.7 Å². The Morgan fingerprint density at radius 1 is 0.963 bits per heavy atom. The van der Waals surface area contributed by atoms with Crippen LogP contribution in [0.4, 0.5) is 24.7 Å². The van der Waals surface area contributed by atoms with Crippen molar-refractivity contribution in [2.45, 2.75) is 12.7 Å². The first-order chi connectivity index (χ1) is 12.9. The van der Waals surface area contributed by atoms with Crippen molar-refractivity contribution in [3.8, 4) is 0 Å². The van der Waals surface area contributed by atoms with Gasteiger partial charge in [0.25, 0.3) is 5.91 Å². The minimum atomic E-state index is -4.57. The van der Waals surface area contributed by atoms with Crippen molar-refractivity contribution in [3.63, 3.8) is 0 Å². The first-order valence-corrected chi connectivity index (χ1v) is 7.87. The molecule has 0 bridgehead atoms. The minimum absolute atomic E-state index is 0.0959. The van der Waals surface area contributed by atoms with Crippen molar-refractivity contribution in [2.24, 2.45) is 0 Å². The number of carbonyl (C=O) groups is 1. The number of nitrogens with one attached hydrogen (secondary N) is 2. The number of carbonyl (C=O) groups excluding carboxylic acids is 1. The second-order valence-corrected chi connectivity index (χ2v) is 5.51. The molecule has 1 amide bonds. The van der Waals surface area contributed by atoms with E-state index in [9.17, 15) is 18.0 Å². The number of aromatic nitrogens is 3. The van der Waals surface area contributed by atoms with Crippen molar-refractivity contribution in [1.29, 1.82) is 0 Å². The minimum Gasteiger partial charge on any atom is -0.365 e. The van der Waals surface area contributed by atoms with Gasteiger partial charge in [-0.2, -0.15) is 13.2 Å². The third-order valence-corrected chi connectivity index (χ3v) is 3.60. The van der Waals surface area contributed by atoms with E-state index in [1.807, 2.05) is 12.1 Å². The zero-order valence-corrected chi connectivity index (χ0v) is 13.9. The molecule has 0 unspecified atom stereocenters. The summed E-state index contributed by atoms with van der Waals surface area (Å²) in [5, 5.41) is 12.9. The van der Waals surface area contributed by atoms with Crippen LogP contribution < -0.4 is 10.6 Å². The maximum atomic E-state index is 13.0. The Balaban J connectivity index is 1.66. The Bertz CT molecular complexity index is 914. The molecule has 0 aliphatic carbocycles. The number of nitrogens with zero attached hydrogens (tertiary/aromatic N) is 3. The molecule has 0 aliphatic rings. The van der Waals surface area contributed by atoms with E-state index in [4.69, 9.17) is 0 Å². The van der Waals surface area contributed by atoms with Gasteiger partial charge in [-0.25, -0.2) is 0 Å². The van der Waals surface area contributed by atoms with Crippen molar-refractivity contribution in [1.82, 2.24) is 15.2 Å². The lowest BCUT2D eigenvalue weighted by Gasteiger charge is -2.13. The number of para-hydroxylation sites is 1. The summed E-state index contributed by atoms with van der Waals surface area (Å²) in [6.45, 7) is 0.488. The van der Waals surface area contributed by atoms with E-state index >= 15 is 0 Å². The van der Waals surface area contributed by atoms with E-state index in [2.05, 4.69) is 25.8 Å². The summed E-state index contributed by atoms with van der Waals surface area (Å²) in [4.78, 5) is 16.1. The van der Waals surface area contributed by atoms with Gasteiger partial charge in [-0.15, -0.1) is 10.2 Å². The SMILES string of the molecule is O=C(Nc1ccccc1C(F)(F)F)c1ccc(NCc2ccncc2)nn1. The zero-order chi connectivity index (χ0) is 19.3. The predicted molar refractivity (Wildman–Crippen MR) is 93.0 cm³/mol. The second-order valence-electron chi connectivity index (χ2n) is 5.51. The fourth-order valence-corrected chi connectivity index (χ4v) is 2.27. The van der Waals surface area contributed by atoms with Crippen LogP contribution in [0.5, 0.6) is 0 Å². The van der Waals surface area contributed by atoms with Crippen LogP contribution >= 0.6 is 0 Å². The van der Waals surface area contributed by atoms with Crippen LogP contribution in [0.2, 0.25) is 0 Å². The number of hydrogen-bond donors (Lipinski definition) is 2. The standard InChI is InChI=1S/C18H14F3N5O/c19-18(20,21)13-3-1-2-4-14(13)24-17(27)15-5-6-16(26-25-15)23-11-12-7-9-22-10-8-12/h1-10H,11H2,(H,23,26)(H,24,27). The van der Waals surface area contributed by atoms with Crippen LogP contribution in [0.25, 0.3) is 0 Å². The number of hydrogen-bond acceptors (Lipinski definition) is 5. The summed E-state index contributed by atoms with van der Waals surface area (Å²) in [7, 11) is 0. The summed E-state index contributed by atoms with van der Waals surface area (Å²) in [5.74, 6) is -0.348. The number of anilines is 2. The number of alkyl halides is 3. The highest BCUT2D eigenvalue weighted by Crippen LogP contribution is 2.34. The van der Waals surface area contributed by atoms with E-state index in [-0.39, 0.29) is 11.4 Å². The zero-order valence-electron chi connectivity index (χ0n) is 13.9. The lowest BCUT2D eigenvalue weighted by molar-refractivity contribution is -0.136. The van der Waals surface area contributed by atoms with E-state index in [0.29, 0.717) is 12.4 Å². The molecule has 0 fully saturated rings. The molecule has 0 saturated heterocycles. The predicted octanol–water partition coefficient (Wildman–Crippen LogP) is 3.75. The van der Waals surface area contributed by atoms with E-state index in [0.717, 1.165) is 11.6 Å². The normalized spacial score (nSPS) is 11.1. The summed E-state index contributed by atoms with van der Waals surface area (Å²) < 4.78 is 39.0. The Morgan fingerprint density at radius 2 is 1.70 bits per heavy atom. The van der Waals surface area contributed by atoms with Gasteiger partial charge < -0.3 is 10.6 Å². The van der Waals surface area contributed by atoms with Gasteiger partial charge in [0.05, 0.1) is 11.3 Å². The molecule has 0 radical (unpaired) electrons. The summed E-state index contributed by atoms with van der Waals surface area (Å²) in [5.41, 5.74) is -0.377. The lowest BCUT2D eigenvalue weighted by atomic mass is 10.1. The first-order valence-electron chi connectivity index (χ1n) is 7.87. The maximum absolute atomic E-state index is 13.0. The molecule has 2 heterocycles. The Hall–Kier alpha value is -3.49. The third kappa shape index (κ3) is 4.78. The van der Waals surface area contributed by atoms with Gasteiger partial charge in [-0.3, -0.25) is 9.78 Å². The van der Waals surface area contributed by atoms with Crippen molar-refractivity contribution in [3.05, 3.63) is 77.7 Å². The molecule has 6 nitrogen and oxygen atoms in total. The molecule has 1 aromatic carbocycles. The van der Waals surface area contributed by atoms with E-state index in [1.54, 1.807) is 12.4 Å². The van der Waals surface area contributed by atoms with Gasteiger partial charge in [0, 0.05) is 18.9 Å². The van der Waals surface area contributed by atoms with Crippen LogP contribution in [0.3, 0.4) is 0 Å². The Morgan fingerprint density at radius 3 is 2.37 bits per heavy atom. The van der Waals surface area contributed by atoms with Crippen LogP contribution in [0.15, 0.2) is 60.9 Å². The third-order valence-electron chi connectivity index (χ3n) is 3.60. The van der Waals surface area contributed by atoms with Gasteiger partial charge in [-0.05, 0) is 42.0 Å². The highest BCUT2D eigenvalue weighted by atomic mass is 19.4. The number of rotatable bonds is 5. The molecule has 9 heteroatoms. The molecule has 2 N–H and O–H groups in total. The highest BCUT2D eigenvalue weighted by molar-refractivity contribution is 6.03. The van der Waals surface area contributed by atoms with Gasteiger partial charge in [0.1, 0.15) is 5.82 Å². The number of halogens is 3. The average molecular weight is 373 g/mol. The molecule has 0 saturated carbocycles. The fourth-order valence-electron chi connectivity index (χ4n) is 2.27. The van der Waals surface area contributed by atoms with E-state index in [1.165, 1.54) is 30.3 Å². The molecule has 3 aromatic rings. The van der Waals surface area contributed by atoms with Crippen molar-refractivity contribution >= 4 is 17.4 Å². The first kappa shape index (κ1) is 18.3. The second kappa shape index (κ2) is 7.81. The Labute approximate surface area is 152 Å². The maximum Gasteiger partial charge on any atom is 0.418 e. The summed E-state index contributed by atoms with van der Waals surface area (Å²) in [6.07, 6.45) is -1.25. The smallest absolute Gasteiger partial charge is 0.365 e. The molecule has 2 aromatic heterocycles. The molecule has 3 rings (SSSR count). The molecule has 27 heavy (non-hydrogen) atoms. The number of benzene rings is 1. The fraction of sp³-hybridized carbons (Fsp3) is 0.111. The molecular weight excluding hydrogens is 359 g/mol. The monoisotopic (exact) mass is 373 g/mol. The average Bonchev–Trinajstić information content (AvgIpc) is 2.67. The largest absolute Gasteiger partial charge is 0.418 e. The molecule has 0 atom stereocenters.